The van der Waals surface area contributed by atoms with Gasteiger partial charge in [-0.15, -0.1) is 10.2 Å². The van der Waals surface area contributed by atoms with Crippen LogP contribution in [0.1, 0.15) is 42.9 Å². The summed E-state index contributed by atoms with van der Waals surface area (Å²) in [6, 6.07) is 14.2. The van der Waals surface area contributed by atoms with Crippen molar-refractivity contribution < 1.29 is 18.0 Å². The van der Waals surface area contributed by atoms with Gasteiger partial charge >= 0.3 is 6.18 Å². The molecule has 2 N–H and O–H groups in total. The molecule has 0 spiro atoms. The largest absolute Gasteiger partial charge is 0.433 e. The van der Waals surface area contributed by atoms with Crippen molar-refractivity contribution in [1.29, 1.82) is 0 Å². The van der Waals surface area contributed by atoms with Gasteiger partial charge in [0.2, 0.25) is 0 Å². The summed E-state index contributed by atoms with van der Waals surface area (Å²) < 4.78 is 38.0. The van der Waals surface area contributed by atoms with Crippen LogP contribution in [-0.4, -0.2) is 30.6 Å². The first-order valence-electron chi connectivity index (χ1n) is 11.4. The van der Waals surface area contributed by atoms with Gasteiger partial charge in [0.25, 0.3) is 6.33 Å². The average Bonchev–Trinajstić information content (AvgIpc) is 3.38. The minimum absolute atomic E-state index is 0.401. The second-order valence-corrected chi connectivity index (χ2v) is 8.74. The number of benzene rings is 1. The summed E-state index contributed by atoms with van der Waals surface area (Å²) in [5.74, 6) is 1.59. The molecule has 11 heteroatoms. The van der Waals surface area contributed by atoms with E-state index in [1.807, 2.05) is 6.07 Å². The second kappa shape index (κ2) is 9.77. The van der Waals surface area contributed by atoms with Crippen LogP contribution in [0.5, 0.6) is 0 Å². The zero-order chi connectivity index (χ0) is 24.3. The molecule has 0 saturated heterocycles. The van der Waals surface area contributed by atoms with E-state index in [-0.39, 0.29) is 0 Å². The number of anilines is 2. The van der Waals surface area contributed by atoms with Crippen molar-refractivity contribution in [1.82, 2.24) is 30.6 Å². The lowest BCUT2D eigenvalue weighted by atomic mass is 9.78. The van der Waals surface area contributed by atoms with E-state index in [4.69, 9.17) is 0 Å². The number of halogens is 3. The maximum atomic E-state index is 12.7. The Morgan fingerprint density at radius 1 is 0.943 bits per heavy atom. The smallest absolute Gasteiger partial charge is 0.337 e. The third kappa shape index (κ3) is 5.61. The van der Waals surface area contributed by atoms with Crippen LogP contribution in [0.3, 0.4) is 0 Å². The Hall–Kier alpha value is -3.89. The number of H-pyrrole nitrogens is 1. The Labute approximate surface area is 199 Å². The fraction of sp³-hybridized carbons (Fsp3) is 0.333. The Balaban J connectivity index is 1.17. The molecule has 35 heavy (non-hydrogen) atoms. The average molecular weight is 482 g/mol. The van der Waals surface area contributed by atoms with Gasteiger partial charge in [0.1, 0.15) is 12.2 Å². The molecule has 1 aliphatic carbocycles. The molecule has 3 aromatic heterocycles. The molecular formula is C24H24F3N8+. The van der Waals surface area contributed by atoms with Gasteiger partial charge in [-0.2, -0.15) is 13.2 Å². The fourth-order valence-electron chi connectivity index (χ4n) is 4.48. The number of hydrogen-bond acceptors (Lipinski definition) is 6. The molecule has 0 bridgehead atoms. The molecule has 8 nitrogen and oxygen atoms in total. The molecule has 180 valence electrons. The van der Waals surface area contributed by atoms with Gasteiger partial charge in [0, 0.05) is 11.5 Å². The number of rotatable bonds is 6. The summed E-state index contributed by atoms with van der Waals surface area (Å²) in [5, 5.41) is 22.2. The highest BCUT2D eigenvalue weighted by Gasteiger charge is 2.32. The summed E-state index contributed by atoms with van der Waals surface area (Å²) >= 11 is 0. The van der Waals surface area contributed by atoms with Crippen LogP contribution in [0.25, 0.3) is 11.3 Å². The molecule has 0 radical (unpaired) electrons. The number of aromatic amines is 1. The number of alkyl halides is 3. The predicted octanol–water partition coefficient (Wildman–Crippen LogP) is 4.68. The van der Waals surface area contributed by atoms with Gasteiger partial charge in [-0.3, -0.25) is 0 Å². The second-order valence-electron chi connectivity index (χ2n) is 8.74. The molecule has 0 amide bonds. The molecule has 0 unspecified atom stereocenters. The molecule has 1 fully saturated rings. The molecular weight excluding hydrogens is 457 g/mol. The highest BCUT2D eigenvalue weighted by atomic mass is 19.4. The van der Waals surface area contributed by atoms with E-state index < -0.39 is 11.9 Å². The lowest BCUT2D eigenvalue weighted by Crippen LogP contribution is -2.43. The van der Waals surface area contributed by atoms with Gasteiger partial charge in [-0.1, -0.05) is 29.1 Å². The number of aromatic nitrogens is 7. The van der Waals surface area contributed by atoms with Crippen LogP contribution in [0.2, 0.25) is 0 Å². The summed E-state index contributed by atoms with van der Waals surface area (Å²) in [7, 11) is 0. The van der Waals surface area contributed by atoms with Crippen molar-refractivity contribution in [2.45, 2.75) is 44.3 Å². The number of nitrogens with zero attached hydrogens (tertiary/aromatic N) is 6. The maximum Gasteiger partial charge on any atom is 0.433 e. The third-order valence-electron chi connectivity index (χ3n) is 6.37. The van der Waals surface area contributed by atoms with Crippen molar-refractivity contribution in [3.8, 4) is 11.3 Å². The number of hydrogen-bond donors (Lipinski definition) is 2. The number of tetrazole rings is 1. The molecule has 5 rings (SSSR count). The van der Waals surface area contributed by atoms with Crippen molar-refractivity contribution in [2.24, 2.45) is 5.92 Å². The van der Waals surface area contributed by atoms with Gasteiger partial charge in [0.15, 0.2) is 5.82 Å². The van der Waals surface area contributed by atoms with Gasteiger partial charge in [-0.25, -0.2) is 4.98 Å². The summed E-state index contributed by atoms with van der Waals surface area (Å²) in [6.07, 6.45) is 2.81. The Kier molecular flexibility index (Phi) is 6.39. The quantitative estimate of drug-likeness (QED) is 0.388. The SMILES string of the molecule is FC(F)(F)c1ccc(Nc2ccc(-c3ccc(C4CCC(C[n+]5ncn[nH]5)CC4)cc3)nn2)cn1. The highest BCUT2D eigenvalue weighted by Crippen LogP contribution is 2.36. The van der Waals surface area contributed by atoms with Gasteiger partial charge in [-0.05, 0) is 71.7 Å². The fourth-order valence-corrected chi connectivity index (χ4v) is 4.48. The molecule has 0 aliphatic heterocycles. The Morgan fingerprint density at radius 2 is 1.74 bits per heavy atom. The predicted molar refractivity (Wildman–Crippen MR) is 121 cm³/mol. The van der Waals surface area contributed by atoms with E-state index in [9.17, 15) is 13.2 Å². The summed E-state index contributed by atoms with van der Waals surface area (Å²) in [6.45, 7) is 0.880. The van der Waals surface area contributed by atoms with Crippen molar-refractivity contribution in [3.63, 3.8) is 0 Å². The molecule has 0 atom stereocenters. The monoisotopic (exact) mass is 481 g/mol. The van der Waals surface area contributed by atoms with E-state index in [0.29, 0.717) is 23.3 Å². The standard InChI is InChI=1S/C24H23F3N8/c25-24(26,27)22-11-9-20(13-28-22)31-23-12-10-21(32-33-23)19-7-5-18(6-8-19)17-3-1-16(2-4-17)14-35-30-15-29-34-35/h5-13,15-17H,1-4,14H2,(H,31,33)/p+1. The summed E-state index contributed by atoms with van der Waals surface area (Å²) in [5.41, 5.74) is 2.48. The van der Waals surface area contributed by atoms with Crippen LogP contribution in [-0.2, 0) is 12.7 Å². The molecule has 1 aromatic carbocycles. The minimum Gasteiger partial charge on any atom is -0.337 e. The van der Waals surface area contributed by atoms with Crippen LogP contribution >= 0.6 is 0 Å². The van der Waals surface area contributed by atoms with E-state index in [2.05, 4.69) is 60.2 Å². The number of pyridine rings is 1. The highest BCUT2D eigenvalue weighted by molar-refractivity contribution is 5.62. The normalized spacial score (nSPS) is 18.4. The van der Waals surface area contributed by atoms with E-state index in [0.717, 1.165) is 55.7 Å². The first kappa shape index (κ1) is 22.9. The zero-order valence-corrected chi connectivity index (χ0v) is 18.8. The maximum absolute atomic E-state index is 12.7. The zero-order valence-electron chi connectivity index (χ0n) is 18.8. The van der Waals surface area contributed by atoms with E-state index >= 15 is 0 Å². The van der Waals surface area contributed by atoms with Crippen molar-refractivity contribution in [2.75, 3.05) is 5.32 Å². The molecule has 1 saturated carbocycles. The lowest BCUT2D eigenvalue weighted by Gasteiger charge is -2.27. The Bertz CT molecular complexity index is 1220. The lowest BCUT2D eigenvalue weighted by molar-refractivity contribution is -0.810. The third-order valence-corrected chi connectivity index (χ3v) is 6.37. The molecule has 3 heterocycles. The topological polar surface area (TPSA) is 96.2 Å². The van der Waals surface area contributed by atoms with Crippen LogP contribution < -0.4 is 10.1 Å². The molecule has 1 aliphatic rings. The first-order chi connectivity index (χ1) is 16.9. The van der Waals surface area contributed by atoms with Gasteiger partial charge in [0.05, 0.1) is 22.7 Å². The minimum atomic E-state index is -4.47. The van der Waals surface area contributed by atoms with E-state index in [1.54, 1.807) is 10.9 Å². The van der Waals surface area contributed by atoms with E-state index in [1.165, 1.54) is 18.0 Å². The van der Waals surface area contributed by atoms with Crippen LogP contribution in [0.4, 0.5) is 24.7 Å². The van der Waals surface area contributed by atoms with Crippen LogP contribution in [0.15, 0.2) is 61.1 Å². The van der Waals surface area contributed by atoms with Gasteiger partial charge < -0.3 is 5.32 Å². The Morgan fingerprint density at radius 3 is 2.34 bits per heavy atom. The summed E-state index contributed by atoms with van der Waals surface area (Å²) in [4.78, 5) is 5.23. The van der Waals surface area contributed by atoms with Crippen molar-refractivity contribution >= 4 is 11.5 Å². The molecule has 4 aromatic rings. The number of nitrogens with one attached hydrogen (secondary N) is 2. The van der Waals surface area contributed by atoms with Crippen molar-refractivity contribution in [3.05, 3.63) is 72.3 Å². The van der Waals surface area contributed by atoms with Crippen LogP contribution in [0, 0.1) is 5.92 Å². The first-order valence-corrected chi connectivity index (χ1v) is 11.4.